The van der Waals surface area contributed by atoms with Gasteiger partial charge >= 0.3 is 5.97 Å². The molecule has 1 saturated heterocycles. The summed E-state index contributed by atoms with van der Waals surface area (Å²) in [5.74, 6) is -1.17. The van der Waals surface area contributed by atoms with E-state index in [-0.39, 0.29) is 17.2 Å². The number of amides is 2. The minimum atomic E-state index is -0.638. The second-order valence-corrected chi connectivity index (χ2v) is 8.22. The molecule has 4 rings (SSSR count). The van der Waals surface area contributed by atoms with E-state index in [1.807, 2.05) is 35.0 Å². The number of rotatable bonds is 7. The van der Waals surface area contributed by atoms with Crippen molar-refractivity contribution < 1.29 is 24.0 Å². The maximum absolute atomic E-state index is 12.7. The number of benzene rings is 2. The molecular weight excluding hydrogens is 446 g/mol. The number of nitrogens with zero attached hydrogens (tertiary/aromatic N) is 3. The van der Waals surface area contributed by atoms with Crippen molar-refractivity contribution in [2.75, 3.05) is 13.2 Å². The molecule has 2 aromatic carbocycles. The fourth-order valence-corrected chi connectivity index (χ4v) is 4.38. The Bertz CT molecular complexity index is 1300. The third-order valence-electron chi connectivity index (χ3n) is 5.07. The summed E-state index contributed by atoms with van der Waals surface area (Å²) in [6.07, 6.45) is 3.51. The third kappa shape index (κ3) is 4.65. The van der Waals surface area contributed by atoms with Crippen molar-refractivity contribution in [1.82, 2.24) is 9.47 Å². The SMILES string of the molecule is CCOC(=O)CN1C(=O)S/C(=C/c2cn(Cc3ccc([N+](=O)[O-])cc3)c3ccccc23)C1=O. The molecule has 1 fully saturated rings. The van der Waals surface area contributed by atoms with Crippen molar-refractivity contribution in [2.24, 2.45) is 0 Å². The number of aromatic nitrogens is 1. The number of fused-ring (bicyclic) bond motifs is 1. The summed E-state index contributed by atoms with van der Waals surface area (Å²) in [4.78, 5) is 48.3. The highest BCUT2D eigenvalue weighted by Crippen LogP contribution is 2.34. The molecule has 0 radical (unpaired) electrons. The van der Waals surface area contributed by atoms with Crippen LogP contribution < -0.4 is 0 Å². The van der Waals surface area contributed by atoms with Gasteiger partial charge in [0.15, 0.2) is 0 Å². The number of esters is 1. The quantitative estimate of drug-likeness (QED) is 0.222. The van der Waals surface area contributed by atoms with Crippen LogP contribution in [0.1, 0.15) is 18.1 Å². The van der Waals surface area contributed by atoms with Gasteiger partial charge in [-0.05, 0) is 36.4 Å². The Balaban J connectivity index is 1.63. The van der Waals surface area contributed by atoms with Crippen LogP contribution in [0.4, 0.5) is 10.5 Å². The molecule has 0 unspecified atom stereocenters. The fourth-order valence-electron chi connectivity index (χ4n) is 3.55. The van der Waals surface area contributed by atoms with Gasteiger partial charge in [0.1, 0.15) is 6.54 Å². The lowest BCUT2D eigenvalue weighted by Gasteiger charge is -2.10. The van der Waals surface area contributed by atoms with Crippen LogP contribution in [0.2, 0.25) is 0 Å². The van der Waals surface area contributed by atoms with Crippen LogP contribution in [0.25, 0.3) is 17.0 Å². The molecule has 33 heavy (non-hydrogen) atoms. The van der Waals surface area contributed by atoms with E-state index in [1.54, 1.807) is 25.1 Å². The minimum Gasteiger partial charge on any atom is -0.465 e. The topological polar surface area (TPSA) is 112 Å². The molecule has 10 heteroatoms. The molecule has 1 aromatic heterocycles. The van der Waals surface area contributed by atoms with Crippen LogP contribution in [-0.2, 0) is 20.9 Å². The summed E-state index contributed by atoms with van der Waals surface area (Å²) in [6.45, 7) is 1.87. The molecule has 168 valence electrons. The first-order chi connectivity index (χ1) is 15.9. The number of para-hydroxylation sites is 1. The lowest BCUT2D eigenvalue weighted by Crippen LogP contribution is -2.34. The van der Waals surface area contributed by atoms with Crippen molar-refractivity contribution in [3.05, 3.63) is 80.9 Å². The van der Waals surface area contributed by atoms with Crippen LogP contribution in [0.5, 0.6) is 0 Å². The predicted octanol–water partition coefficient (Wildman–Crippen LogP) is 4.20. The van der Waals surface area contributed by atoms with E-state index >= 15 is 0 Å². The largest absolute Gasteiger partial charge is 0.465 e. The molecular formula is C23H19N3O6S. The molecule has 1 aliphatic heterocycles. The molecule has 2 heterocycles. The minimum absolute atomic E-state index is 0.0235. The number of hydrogen-bond donors (Lipinski definition) is 0. The number of imide groups is 1. The summed E-state index contributed by atoms with van der Waals surface area (Å²) in [6, 6.07) is 13.9. The Kier molecular flexibility index (Phi) is 6.27. The van der Waals surface area contributed by atoms with Crippen LogP contribution >= 0.6 is 11.8 Å². The van der Waals surface area contributed by atoms with E-state index in [4.69, 9.17) is 4.74 Å². The first-order valence-electron chi connectivity index (χ1n) is 10.1. The van der Waals surface area contributed by atoms with Gasteiger partial charge in [-0.15, -0.1) is 0 Å². The summed E-state index contributed by atoms with van der Waals surface area (Å²) in [7, 11) is 0. The van der Waals surface area contributed by atoms with E-state index in [1.165, 1.54) is 12.1 Å². The molecule has 0 bridgehead atoms. The van der Waals surface area contributed by atoms with Crippen LogP contribution in [0.15, 0.2) is 59.6 Å². The Morgan fingerprint density at radius 1 is 1.15 bits per heavy atom. The summed E-state index contributed by atoms with van der Waals surface area (Å²) >= 11 is 0.780. The van der Waals surface area contributed by atoms with Gasteiger partial charge in [0.05, 0.1) is 16.4 Å². The Hall–Kier alpha value is -3.92. The van der Waals surface area contributed by atoms with Crippen molar-refractivity contribution in [3.8, 4) is 0 Å². The average Bonchev–Trinajstić information content (AvgIpc) is 3.26. The van der Waals surface area contributed by atoms with Gasteiger partial charge in [-0.1, -0.05) is 30.3 Å². The number of nitro groups is 1. The molecule has 0 spiro atoms. The molecule has 0 N–H and O–H groups in total. The first-order valence-corrected chi connectivity index (χ1v) is 10.9. The van der Waals surface area contributed by atoms with E-state index in [0.29, 0.717) is 6.54 Å². The Morgan fingerprint density at radius 2 is 1.88 bits per heavy atom. The van der Waals surface area contributed by atoms with E-state index in [2.05, 4.69) is 0 Å². The zero-order chi connectivity index (χ0) is 23.5. The molecule has 0 aliphatic carbocycles. The number of non-ortho nitro benzene ring substituents is 1. The highest BCUT2D eigenvalue weighted by molar-refractivity contribution is 8.18. The Morgan fingerprint density at radius 3 is 2.58 bits per heavy atom. The Labute approximate surface area is 192 Å². The monoisotopic (exact) mass is 465 g/mol. The van der Waals surface area contributed by atoms with Gasteiger partial charge in [0.2, 0.25) is 0 Å². The predicted molar refractivity (Wildman–Crippen MR) is 123 cm³/mol. The lowest BCUT2D eigenvalue weighted by molar-refractivity contribution is -0.384. The van der Waals surface area contributed by atoms with Gasteiger partial charge < -0.3 is 9.30 Å². The number of carbonyl (C=O) groups excluding carboxylic acids is 3. The van der Waals surface area contributed by atoms with E-state index in [0.717, 1.165) is 38.7 Å². The number of nitro benzene ring substituents is 1. The van der Waals surface area contributed by atoms with Gasteiger partial charge in [-0.2, -0.15) is 0 Å². The van der Waals surface area contributed by atoms with Crippen LogP contribution in [-0.4, -0.2) is 44.7 Å². The highest BCUT2D eigenvalue weighted by atomic mass is 32.2. The van der Waals surface area contributed by atoms with Gasteiger partial charge in [-0.25, -0.2) is 0 Å². The maximum Gasteiger partial charge on any atom is 0.326 e. The fraction of sp³-hybridized carbons (Fsp3) is 0.174. The molecule has 0 saturated carbocycles. The average molecular weight is 465 g/mol. The van der Waals surface area contributed by atoms with Gasteiger partial charge in [0.25, 0.3) is 16.8 Å². The molecule has 3 aromatic rings. The standard InChI is InChI=1S/C23H19N3O6S/c1-2-32-21(27)14-25-22(28)20(33-23(25)29)11-16-13-24(19-6-4-3-5-18(16)19)12-15-7-9-17(10-8-15)26(30)31/h3-11,13H,2,12,14H2,1H3/b20-11+. The van der Waals surface area contributed by atoms with E-state index in [9.17, 15) is 24.5 Å². The van der Waals surface area contributed by atoms with Gasteiger partial charge in [-0.3, -0.25) is 29.4 Å². The number of ether oxygens (including phenoxy) is 1. The highest BCUT2D eigenvalue weighted by Gasteiger charge is 2.36. The van der Waals surface area contributed by atoms with Crippen molar-refractivity contribution in [1.29, 1.82) is 0 Å². The number of thioether (sulfide) groups is 1. The maximum atomic E-state index is 12.7. The molecule has 1 aliphatic rings. The summed E-state index contributed by atoms with van der Waals surface area (Å²) in [5, 5.41) is 11.3. The van der Waals surface area contributed by atoms with E-state index < -0.39 is 28.6 Å². The third-order valence-corrected chi connectivity index (χ3v) is 5.98. The first kappa shape index (κ1) is 22.3. The summed E-state index contributed by atoms with van der Waals surface area (Å²) < 4.78 is 6.81. The zero-order valence-electron chi connectivity index (χ0n) is 17.6. The van der Waals surface area contributed by atoms with Gasteiger partial charge in [0, 0.05) is 41.3 Å². The zero-order valence-corrected chi connectivity index (χ0v) is 18.4. The second-order valence-electron chi connectivity index (χ2n) is 7.23. The normalized spacial score (nSPS) is 14.9. The molecule has 0 atom stereocenters. The summed E-state index contributed by atoms with van der Waals surface area (Å²) in [5.41, 5.74) is 2.56. The number of carbonyl (C=O) groups is 3. The van der Waals surface area contributed by atoms with Crippen molar-refractivity contribution in [3.63, 3.8) is 0 Å². The molecule has 2 amide bonds. The molecule has 9 nitrogen and oxygen atoms in total. The smallest absolute Gasteiger partial charge is 0.326 e. The second kappa shape index (κ2) is 9.29. The van der Waals surface area contributed by atoms with Crippen molar-refractivity contribution in [2.45, 2.75) is 13.5 Å². The van der Waals surface area contributed by atoms with Crippen molar-refractivity contribution >= 4 is 51.5 Å². The van der Waals surface area contributed by atoms with Crippen LogP contribution in [0, 0.1) is 10.1 Å². The number of hydrogen-bond acceptors (Lipinski definition) is 7. The lowest BCUT2D eigenvalue weighted by atomic mass is 10.1. The van der Waals surface area contributed by atoms with Crippen LogP contribution in [0.3, 0.4) is 0 Å².